The number of ketones is 2. The number of carbonyl (C=O) groups excluding carboxylic acids is 4. The number of para-hydroxylation sites is 1. The van der Waals surface area contributed by atoms with Crippen molar-refractivity contribution >= 4 is 63.6 Å². The van der Waals surface area contributed by atoms with Crippen LogP contribution >= 0.6 is 23.2 Å². The number of rotatable bonds is 15. The van der Waals surface area contributed by atoms with E-state index in [1.807, 2.05) is 0 Å². The van der Waals surface area contributed by atoms with Gasteiger partial charge in [0, 0.05) is 17.8 Å². The molecule has 0 aromatic heterocycles. The number of hydrogen-bond donors (Lipinski definition) is 2. The maximum atomic E-state index is 12.8. The van der Waals surface area contributed by atoms with Crippen molar-refractivity contribution in [2.24, 2.45) is 20.5 Å². The first-order chi connectivity index (χ1) is 22.6. The quantitative estimate of drug-likeness (QED) is 0.0947. The van der Waals surface area contributed by atoms with Gasteiger partial charge in [-0.3, -0.25) is 19.2 Å². The minimum Gasteiger partial charge on any atom is -0.324 e. The number of amides is 2. The summed E-state index contributed by atoms with van der Waals surface area (Å²) in [5, 5.41) is 21.8. The van der Waals surface area contributed by atoms with Crippen molar-refractivity contribution in [3.05, 3.63) is 126 Å². The van der Waals surface area contributed by atoms with Gasteiger partial charge in [-0.25, -0.2) is 0 Å². The van der Waals surface area contributed by atoms with Gasteiger partial charge < -0.3 is 10.6 Å². The predicted octanol–water partition coefficient (Wildman–Crippen LogP) is 8.70. The topological polar surface area (TPSA) is 142 Å². The second-order valence-electron chi connectivity index (χ2n) is 9.80. The van der Waals surface area contributed by atoms with Crippen LogP contribution in [-0.4, -0.2) is 35.5 Å². The van der Waals surface area contributed by atoms with E-state index >= 15 is 0 Å². The van der Waals surface area contributed by atoms with Gasteiger partial charge in [-0.2, -0.15) is 20.5 Å². The summed E-state index contributed by atoms with van der Waals surface area (Å²) >= 11 is 13.0. The van der Waals surface area contributed by atoms with Crippen LogP contribution in [0.5, 0.6) is 0 Å². The van der Waals surface area contributed by atoms with E-state index in [0.29, 0.717) is 22.5 Å². The molecule has 240 valence electrons. The van der Waals surface area contributed by atoms with Crippen LogP contribution in [-0.2, 0) is 19.2 Å². The molecule has 0 saturated heterocycles. The van der Waals surface area contributed by atoms with E-state index in [4.69, 9.17) is 23.2 Å². The zero-order valence-corrected chi connectivity index (χ0v) is 27.2. The van der Waals surface area contributed by atoms with E-state index in [1.165, 1.54) is 19.1 Å². The van der Waals surface area contributed by atoms with Crippen LogP contribution in [0.2, 0.25) is 10.0 Å². The Hall–Kier alpha value is -5.32. The lowest BCUT2D eigenvalue weighted by Crippen LogP contribution is -2.36. The smallest absolute Gasteiger partial charge is 0.258 e. The van der Waals surface area contributed by atoms with Crippen LogP contribution in [0.15, 0.2) is 136 Å². The summed E-state index contributed by atoms with van der Waals surface area (Å²) in [5.41, 5.74) is 2.77. The highest BCUT2D eigenvalue weighted by Gasteiger charge is 2.26. The maximum absolute atomic E-state index is 12.8. The van der Waals surface area contributed by atoms with Gasteiger partial charge in [0.25, 0.3) is 11.8 Å². The molecule has 0 fully saturated rings. The number of azo groups is 2. The first kappa shape index (κ1) is 36.2. The Bertz CT molecular complexity index is 1780. The molecule has 10 nitrogen and oxygen atoms in total. The highest BCUT2D eigenvalue weighted by Crippen LogP contribution is 2.35. The lowest BCUT2D eigenvalue weighted by Gasteiger charge is -2.11. The summed E-state index contributed by atoms with van der Waals surface area (Å²) in [5.74, 6) is -2.19. The standard InChI is InChI=1S/C35H32Cl2N6O4/c1-5-8-13-25(12-6-2)38-34(46)32(22(4)44)42-40-29-18-16-23(20-27(29)36)24-17-19-30(28(37)21-24)41-43-33(31(45)7-3)35(47)39-26-14-10-9-11-15-26/h5-6,8-21,32-33H,1-2,7H2,3-4H3,(H,38,46)(H,39,47)/b13-8-,25-12+,42-40?,43-41?. The van der Waals surface area contributed by atoms with Crippen LogP contribution < -0.4 is 10.6 Å². The zero-order chi connectivity index (χ0) is 34.3. The summed E-state index contributed by atoms with van der Waals surface area (Å²) in [6.45, 7) is 10.1. The maximum Gasteiger partial charge on any atom is 0.258 e. The van der Waals surface area contributed by atoms with Gasteiger partial charge in [-0.05, 0) is 66.6 Å². The lowest BCUT2D eigenvalue weighted by atomic mass is 10.0. The van der Waals surface area contributed by atoms with E-state index in [1.54, 1.807) is 91.9 Å². The highest BCUT2D eigenvalue weighted by atomic mass is 35.5. The number of Topliss-reactive ketones (excluding diaryl/α,β-unsaturated/α-hetero) is 2. The Balaban J connectivity index is 1.78. The van der Waals surface area contributed by atoms with E-state index in [0.717, 1.165) is 0 Å². The largest absolute Gasteiger partial charge is 0.324 e. The van der Waals surface area contributed by atoms with E-state index in [2.05, 4.69) is 44.2 Å². The van der Waals surface area contributed by atoms with E-state index in [-0.39, 0.29) is 27.8 Å². The molecule has 2 amide bonds. The fourth-order valence-corrected chi connectivity index (χ4v) is 4.37. The average Bonchev–Trinajstić information content (AvgIpc) is 3.05. The number of allylic oxidation sites excluding steroid dienone is 5. The van der Waals surface area contributed by atoms with Gasteiger partial charge in [-0.15, -0.1) is 0 Å². The highest BCUT2D eigenvalue weighted by molar-refractivity contribution is 6.34. The van der Waals surface area contributed by atoms with Gasteiger partial charge in [0.2, 0.25) is 12.1 Å². The molecule has 0 aliphatic carbocycles. The van der Waals surface area contributed by atoms with Crippen LogP contribution in [0.4, 0.5) is 17.1 Å². The van der Waals surface area contributed by atoms with Gasteiger partial charge in [0.1, 0.15) is 11.4 Å². The third-order valence-electron chi connectivity index (χ3n) is 6.34. The number of nitrogens with one attached hydrogen (secondary N) is 2. The van der Waals surface area contributed by atoms with Crippen LogP contribution in [0.1, 0.15) is 20.3 Å². The van der Waals surface area contributed by atoms with Crippen molar-refractivity contribution in [1.29, 1.82) is 0 Å². The Morgan fingerprint density at radius 1 is 0.809 bits per heavy atom. The fourth-order valence-electron chi connectivity index (χ4n) is 3.93. The van der Waals surface area contributed by atoms with Crippen molar-refractivity contribution in [1.82, 2.24) is 5.32 Å². The van der Waals surface area contributed by atoms with Gasteiger partial charge in [-0.1, -0.05) is 91.8 Å². The molecule has 0 heterocycles. The molecule has 47 heavy (non-hydrogen) atoms. The monoisotopic (exact) mass is 670 g/mol. The summed E-state index contributed by atoms with van der Waals surface area (Å²) < 4.78 is 0. The van der Waals surface area contributed by atoms with Crippen molar-refractivity contribution in [2.45, 2.75) is 32.4 Å². The van der Waals surface area contributed by atoms with E-state index < -0.39 is 35.5 Å². The number of halogens is 2. The normalized spacial score (nSPS) is 13.0. The number of benzene rings is 3. The molecule has 0 aliphatic rings. The number of hydrogen-bond acceptors (Lipinski definition) is 8. The van der Waals surface area contributed by atoms with Crippen molar-refractivity contribution in [2.75, 3.05) is 5.32 Å². The number of nitrogens with zero attached hydrogens (tertiary/aromatic N) is 4. The molecule has 3 aromatic carbocycles. The molecule has 2 N–H and O–H groups in total. The summed E-state index contributed by atoms with van der Waals surface area (Å²) in [6, 6.07) is 15.8. The summed E-state index contributed by atoms with van der Waals surface area (Å²) in [6.07, 6.45) is 7.88. The molecule has 0 spiro atoms. The van der Waals surface area contributed by atoms with Gasteiger partial charge in [0.05, 0.1) is 10.0 Å². The fraction of sp³-hybridized carbons (Fsp3) is 0.143. The van der Waals surface area contributed by atoms with Crippen LogP contribution in [0.25, 0.3) is 11.1 Å². The predicted molar refractivity (Wildman–Crippen MR) is 185 cm³/mol. The molecule has 0 bridgehead atoms. The molecule has 2 unspecified atom stereocenters. The molecule has 12 heteroatoms. The average molecular weight is 672 g/mol. The Morgan fingerprint density at radius 3 is 1.87 bits per heavy atom. The first-order valence-electron chi connectivity index (χ1n) is 14.3. The second kappa shape index (κ2) is 18.0. The van der Waals surface area contributed by atoms with Gasteiger partial charge >= 0.3 is 0 Å². The summed E-state index contributed by atoms with van der Waals surface area (Å²) in [7, 11) is 0. The molecule has 3 rings (SSSR count). The second-order valence-corrected chi connectivity index (χ2v) is 10.6. The Labute approximate surface area is 282 Å². The van der Waals surface area contributed by atoms with Crippen molar-refractivity contribution in [3.8, 4) is 11.1 Å². The van der Waals surface area contributed by atoms with Gasteiger partial charge in [0.15, 0.2) is 11.6 Å². The minimum absolute atomic E-state index is 0.0964. The van der Waals surface area contributed by atoms with E-state index in [9.17, 15) is 19.2 Å². The first-order valence-corrected chi connectivity index (χ1v) is 15.1. The lowest BCUT2D eigenvalue weighted by molar-refractivity contribution is -0.129. The molecule has 2 atom stereocenters. The SMILES string of the molecule is C=C/C=C\C(=C/C=C)NC(=O)C(N=Nc1ccc(-c2ccc(N=NC(C(=O)CC)C(=O)Nc3ccccc3)c(Cl)c2)cc1Cl)C(C)=O. The molecular weight excluding hydrogens is 639 g/mol. The molecular formula is C35H32Cl2N6O4. The number of anilines is 1. The summed E-state index contributed by atoms with van der Waals surface area (Å²) in [4.78, 5) is 50.2. The van der Waals surface area contributed by atoms with Crippen molar-refractivity contribution < 1.29 is 19.2 Å². The molecule has 3 aromatic rings. The number of carbonyl (C=O) groups is 4. The minimum atomic E-state index is -1.41. The third-order valence-corrected chi connectivity index (χ3v) is 6.95. The third kappa shape index (κ3) is 10.6. The van der Waals surface area contributed by atoms with Crippen LogP contribution in [0, 0.1) is 0 Å². The molecule has 0 saturated carbocycles. The Morgan fingerprint density at radius 2 is 1.38 bits per heavy atom. The molecule has 0 aliphatic heterocycles. The van der Waals surface area contributed by atoms with Crippen molar-refractivity contribution in [3.63, 3.8) is 0 Å². The zero-order valence-electron chi connectivity index (χ0n) is 25.7. The Kier molecular flexibility index (Phi) is 13.8. The molecule has 0 radical (unpaired) electrons. The van der Waals surface area contributed by atoms with Crippen LogP contribution in [0.3, 0.4) is 0 Å².